The highest BCUT2D eigenvalue weighted by Gasteiger charge is 2.45. The molecule has 0 radical (unpaired) electrons. The van der Waals surface area contributed by atoms with Crippen molar-refractivity contribution in [1.29, 1.82) is 0 Å². The van der Waals surface area contributed by atoms with E-state index < -0.39 is 23.9 Å². The summed E-state index contributed by atoms with van der Waals surface area (Å²) in [6, 6.07) is 9.54. The van der Waals surface area contributed by atoms with E-state index in [0.717, 1.165) is 48.8 Å². The summed E-state index contributed by atoms with van der Waals surface area (Å²) in [6.07, 6.45) is 11.5. The topological polar surface area (TPSA) is 9.23 Å². The summed E-state index contributed by atoms with van der Waals surface area (Å²) >= 11 is 0. The van der Waals surface area contributed by atoms with Gasteiger partial charge in [0.15, 0.2) is 0 Å². The Kier molecular flexibility index (Phi) is 12.8. The molecule has 2 aromatic carbocycles. The van der Waals surface area contributed by atoms with Gasteiger partial charge in [0, 0.05) is 6.07 Å². The zero-order valence-electron chi connectivity index (χ0n) is 27.9. The van der Waals surface area contributed by atoms with E-state index in [2.05, 4.69) is 13.0 Å². The van der Waals surface area contributed by atoms with Crippen LogP contribution in [-0.2, 0) is 6.42 Å². The number of halogens is 6. The minimum absolute atomic E-state index is 0.0371. The molecule has 47 heavy (non-hydrogen) atoms. The molecule has 0 spiro atoms. The molecule has 0 unspecified atom stereocenters. The molecule has 0 N–H and O–H groups in total. The SMILES string of the molecule is CCCCCC1CCC(c2ccc(C3CCC(C4CCC(C(F)(F)Oc5ccc(CCC=C(F)F)c(F)c5)CC4)CC3)c(F)c2)CC1. The van der Waals surface area contributed by atoms with Crippen molar-refractivity contribution >= 4 is 0 Å². The molecule has 1 nitrogen and oxygen atoms in total. The molecule has 3 fully saturated rings. The van der Waals surface area contributed by atoms with Crippen LogP contribution in [0.5, 0.6) is 5.75 Å². The van der Waals surface area contributed by atoms with Crippen molar-refractivity contribution in [2.24, 2.45) is 23.7 Å². The minimum Gasteiger partial charge on any atom is -0.432 e. The van der Waals surface area contributed by atoms with Gasteiger partial charge in [0.05, 0.1) is 5.92 Å². The first-order valence-corrected chi connectivity index (χ1v) is 18.3. The molecule has 3 aliphatic carbocycles. The highest BCUT2D eigenvalue weighted by atomic mass is 19.3. The third-order valence-electron chi connectivity index (χ3n) is 11.7. The van der Waals surface area contributed by atoms with Crippen LogP contribution >= 0.6 is 0 Å². The van der Waals surface area contributed by atoms with Crippen LogP contribution in [0.3, 0.4) is 0 Å². The van der Waals surface area contributed by atoms with Crippen LogP contribution in [0, 0.1) is 35.3 Å². The molecule has 0 heterocycles. The lowest BCUT2D eigenvalue weighted by Crippen LogP contribution is -2.38. The van der Waals surface area contributed by atoms with E-state index in [1.54, 1.807) is 0 Å². The third kappa shape index (κ3) is 9.81. The highest BCUT2D eigenvalue weighted by molar-refractivity contribution is 5.31. The first kappa shape index (κ1) is 35.9. The number of benzene rings is 2. The van der Waals surface area contributed by atoms with Crippen molar-refractivity contribution in [2.75, 3.05) is 0 Å². The zero-order chi connectivity index (χ0) is 33.4. The maximum absolute atomic E-state index is 15.4. The van der Waals surface area contributed by atoms with E-state index in [9.17, 15) is 13.2 Å². The second-order valence-corrected chi connectivity index (χ2v) is 14.7. The maximum atomic E-state index is 15.4. The molecular formula is C40H52F6O. The van der Waals surface area contributed by atoms with Crippen LogP contribution in [0.1, 0.15) is 145 Å². The quantitative estimate of drug-likeness (QED) is 0.153. The summed E-state index contributed by atoms with van der Waals surface area (Å²) in [6.45, 7) is 2.25. The van der Waals surface area contributed by atoms with Crippen LogP contribution in [0.25, 0.3) is 0 Å². The fraction of sp³-hybridized carbons (Fsp3) is 0.650. The molecule has 260 valence electrons. The summed E-state index contributed by atoms with van der Waals surface area (Å²) < 4.78 is 89.5. The number of ether oxygens (including phenoxy) is 1. The van der Waals surface area contributed by atoms with Crippen LogP contribution in [0.2, 0.25) is 0 Å². The normalized spacial score (nSPS) is 27.0. The van der Waals surface area contributed by atoms with Crippen molar-refractivity contribution in [3.8, 4) is 5.75 Å². The molecule has 3 aliphatic rings. The van der Waals surface area contributed by atoms with Crippen molar-refractivity contribution in [2.45, 2.75) is 140 Å². The number of hydrogen-bond acceptors (Lipinski definition) is 1. The van der Waals surface area contributed by atoms with Crippen LogP contribution < -0.4 is 4.74 Å². The summed E-state index contributed by atoms with van der Waals surface area (Å²) in [5.74, 6) is 0.387. The summed E-state index contributed by atoms with van der Waals surface area (Å²) in [5, 5.41) is 0. The molecule has 5 rings (SSSR count). The number of alkyl halides is 2. The smallest absolute Gasteiger partial charge is 0.400 e. The maximum Gasteiger partial charge on any atom is 0.400 e. The van der Waals surface area contributed by atoms with E-state index >= 15 is 13.2 Å². The molecule has 0 aromatic heterocycles. The molecule has 7 heteroatoms. The molecule has 3 saturated carbocycles. The Hall–Kier alpha value is -2.44. The molecule has 0 atom stereocenters. The standard InChI is InChI=1S/C40H52F6O/c1-2-3-4-6-27-9-11-30(12-10-27)33-20-24-36(38(42)25-33)31-15-13-28(14-16-31)29-17-21-34(22-18-29)40(45,46)47-35-23-19-32(37(41)26-35)7-5-8-39(43)44/h8,19-20,23-31,34H,2-7,9-18,21-22H2,1H3. The summed E-state index contributed by atoms with van der Waals surface area (Å²) in [5.41, 5.74) is 2.18. The van der Waals surface area contributed by atoms with Gasteiger partial charge < -0.3 is 4.74 Å². The van der Waals surface area contributed by atoms with Crippen molar-refractivity contribution in [1.82, 2.24) is 0 Å². The fourth-order valence-electron chi connectivity index (χ4n) is 8.80. The minimum atomic E-state index is -3.42. The van der Waals surface area contributed by atoms with Crippen LogP contribution in [-0.4, -0.2) is 6.11 Å². The van der Waals surface area contributed by atoms with Gasteiger partial charge in [-0.1, -0.05) is 50.8 Å². The number of unbranched alkanes of at least 4 members (excludes halogenated alkanes) is 2. The monoisotopic (exact) mass is 662 g/mol. The zero-order valence-corrected chi connectivity index (χ0v) is 27.9. The van der Waals surface area contributed by atoms with Gasteiger partial charge in [0.25, 0.3) is 6.08 Å². The Bertz CT molecular complexity index is 1300. The Balaban J connectivity index is 1.05. The Morgan fingerprint density at radius 3 is 2.04 bits per heavy atom. The largest absolute Gasteiger partial charge is 0.432 e. The Labute approximate surface area is 277 Å². The lowest BCUT2D eigenvalue weighted by atomic mass is 9.68. The lowest BCUT2D eigenvalue weighted by molar-refractivity contribution is -0.224. The summed E-state index contributed by atoms with van der Waals surface area (Å²) in [7, 11) is 0. The number of rotatable bonds is 13. The van der Waals surface area contributed by atoms with Crippen molar-refractivity contribution in [3.05, 3.63) is 76.9 Å². The molecule has 0 bridgehead atoms. The Morgan fingerprint density at radius 2 is 1.43 bits per heavy atom. The van der Waals surface area contributed by atoms with Crippen LogP contribution in [0.15, 0.2) is 48.6 Å². The summed E-state index contributed by atoms with van der Waals surface area (Å²) in [4.78, 5) is 0. The van der Waals surface area contributed by atoms with E-state index in [-0.39, 0.29) is 35.9 Å². The Morgan fingerprint density at radius 1 is 0.766 bits per heavy atom. The first-order valence-electron chi connectivity index (χ1n) is 18.3. The van der Waals surface area contributed by atoms with Gasteiger partial charge in [0.2, 0.25) is 0 Å². The molecule has 0 amide bonds. The average molecular weight is 663 g/mol. The van der Waals surface area contributed by atoms with Gasteiger partial charge in [-0.25, -0.2) is 8.78 Å². The van der Waals surface area contributed by atoms with Crippen molar-refractivity contribution < 1.29 is 31.1 Å². The lowest BCUT2D eigenvalue weighted by Gasteiger charge is -2.39. The highest BCUT2D eigenvalue weighted by Crippen LogP contribution is 2.47. The predicted molar refractivity (Wildman–Crippen MR) is 176 cm³/mol. The molecule has 2 aromatic rings. The van der Waals surface area contributed by atoms with Gasteiger partial charge in [0.1, 0.15) is 17.4 Å². The van der Waals surface area contributed by atoms with E-state index in [4.69, 9.17) is 4.74 Å². The van der Waals surface area contributed by atoms with E-state index in [0.29, 0.717) is 49.5 Å². The van der Waals surface area contributed by atoms with E-state index in [1.807, 2.05) is 12.1 Å². The van der Waals surface area contributed by atoms with Gasteiger partial charge in [-0.15, -0.1) is 0 Å². The van der Waals surface area contributed by atoms with Gasteiger partial charge in [-0.2, -0.15) is 17.6 Å². The molecule has 0 aliphatic heterocycles. The number of aryl methyl sites for hydroxylation is 1. The molecule has 0 saturated heterocycles. The van der Waals surface area contributed by atoms with Gasteiger partial charge in [-0.05, 0) is 154 Å². The van der Waals surface area contributed by atoms with Gasteiger partial charge >= 0.3 is 6.11 Å². The third-order valence-corrected chi connectivity index (χ3v) is 11.7. The second-order valence-electron chi connectivity index (χ2n) is 14.7. The number of hydrogen-bond donors (Lipinski definition) is 0. The van der Waals surface area contributed by atoms with Gasteiger partial charge in [-0.3, -0.25) is 0 Å². The van der Waals surface area contributed by atoms with E-state index in [1.165, 1.54) is 63.5 Å². The second kappa shape index (κ2) is 16.8. The van der Waals surface area contributed by atoms with Crippen LogP contribution in [0.4, 0.5) is 26.3 Å². The van der Waals surface area contributed by atoms with Crippen molar-refractivity contribution in [3.63, 3.8) is 0 Å². The predicted octanol–water partition coefficient (Wildman–Crippen LogP) is 13.3. The first-order chi connectivity index (χ1) is 22.6. The number of allylic oxidation sites excluding steroid dienone is 1. The molecular weight excluding hydrogens is 610 g/mol. The fourth-order valence-corrected chi connectivity index (χ4v) is 8.80. The average Bonchev–Trinajstić information content (AvgIpc) is 3.06.